The number of aliphatic hydroxyl groups is 1. The quantitative estimate of drug-likeness (QED) is 0.558. The fourth-order valence-corrected chi connectivity index (χ4v) is 4.48. The van der Waals surface area contributed by atoms with Gasteiger partial charge in [-0.05, 0) is 81.4 Å². The van der Waals surface area contributed by atoms with Gasteiger partial charge in [0.2, 0.25) is 0 Å². The number of benzene rings is 1. The fourth-order valence-electron chi connectivity index (χ4n) is 4.48. The second-order valence-electron chi connectivity index (χ2n) is 8.66. The van der Waals surface area contributed by atoms with Crippen molar-refractivity contribution >= 4 is 11.9 Å². The average molecular weight is 421 g/mol. The standard InChI is InChI=1S/C23H32O7/c24-12-19-11-20(29-13-15-1-5-17(6-2-15)22(25)26)9-10-21(19)30-14-16-3-7-18(8-4-16)23(27)28/h9-11,15-18,24H,1-8,12-14H2,(H,25,26)(H,27,28). The van der Waals surface area contributed by atoms with E-state index in [1.165, 1.54) is 0 Å². The van der Waals surface area contributed by atoms with Crippen molar-refractivity contribution in [3.8, 4) is 11.5 Å². The molecular weight excluding hydrogens is 388 g/mol. The largest absolute Gasteiger partial charge is 0.493 e. The SMILES string of the molecule is O=C(O)C1CCC(COc2ccc(OCC3CCC(C(=O)O)CC3)c(CO)c2)CC1. The summed E-state index contributed by atoms with van der Waals surface area (Å²) < 4.78 is 11.8. The van der Waals surface area contributed by atoms with Crippen molar-refractivity contribution in [2.45, 2.75) is 58.0 Å². The molecule has 2 aliphatic rings. The van der Waals surface area contributed by atoms with E-state index in [4.69, 9.17) is 19.7 Å². The molecule has 0 unspecified atom stereocenters. The number of carbonyl (C=O) groups is 2. The first-order valence-electron chi connectivity index (χ1n) is 10.9. The lowest BCUT2D eigenvalue weighted by Gasteiger charge is -2.27. The zero-order valence-corrected chi connectivity index (χ0v) is 17.3. The summed E-state index contributed by atoms with van der Waals surface area (Å²) in [6.45, 7) is 0.915. The van der Waals surface area contributed by atoms with Gasteiger partial charge in [0.25, 0.3) is 0 Å². The first-order chi connectivity index (χ1) is 14.5. The molecule has 0 aliphatic heterocycles. The Morgan fingerprint density at radius 2 is 1.30 bits per heavy atom. The van der Waals surface area contributed by atoms with Gasteiger partial charge in [0, 0.05) is 5.56 Å². The van der Waals surface area contributed by atoms with Gasteiger partial charge >= 0.3 is 11.9 Å². The van der Waals surface area contributed by atoms with Crippen molar-refractivity contribution in [3.63, 3.8) is 0 Å². The summed E-state index contributed by atoms with van der Waals surface area (Å²) in [6, 6.07) is 5.43. The molecule has 1 aromatic rings. The molecule has 7 heteroatoms. The molecule has 1 aromatic carbocycles. The summed E-state index contributed by atoms with van der Waals surface area (Å²) in [4.78, 5) is 22.1. The maximum absolute atomic E-state index is 11.1. The van der Waals surface area contributed by atoms with Crippen molar-refractivity contribution in [2.75, 3.05) is 13.2 Å². The van der Waals surface area contributed by atoms with Gasteiger partial charge < -0.3 is 24.8 Å². The molecule has 0 atom stereocenters. The minimum Gasteiger partial charge on any atom is -0.493 e. The highest BCUT2D eigenvalue weighted by Gasteiger charge is 2.27. The van der Waals surface area contributed by atoms with E-state index >= 15 is 0 Å². The third kappa shape index (κ3) is 6.11. The number of hydrogen-bond acceptors (Lipinski definition) is 5. The van der Waals surface area contributed by atoms with Crippen LogP contribution in [0.2, 0.25) is 0 Å². The predicted molar refractivity (Wildman–Crippen MR) is 110 cm³/mol. The lowest BCUT2D eigenvalue weighted by atomic mass is 9.82. The predicted octanol–water partition coefficient (Wildman–Crippen LogP) is 3.72. The molecule has 0 bridgehead atoms. The van der Waals surface area contributed by atoms with Gasteiger partial charge in [0.1, 0.15) is 11.5 Å². The normalized spacial score (nSPS) is 26.7. The van der Waals surface area contributed by atoms with Crippen LogP contribution in [0.25, 0.3) is 0 Å². The number of carboxylic acids is 2. The molecular formula is C23H32O7. The minimum atomic E-state index is -0.706. The van der Waals surface area contributed by atoms with Gasteiger partial charge in [-0.25, -0.2) is 0 Å². The van der Waals surface area contributed by atoms with Gasteiger partial charge in [-0.15, -0.1) is 0 Å². The molecule has 0 aromatic heterocycles. The van der Waals surface area contributed by atoms with E-state index in [0.717, 1.165) is 25.7 Å². The maximum atomic E-state index is 11.1. The second kappa shape index (κ2) is 10.7. The number of carboxylic acid groups (broad SMARTS) is 2. The Kier molecular flexibility index (Phi) is 7.96. The topological polar surface area (TPSA) is 113 Å². The molecule has 0 amide bonds. The molecule has 2 aliphatic carbocycles. The van der Waals surface area contributed by atoms with Crippen LogP contribution in [0.1, 0.15) is 56.9 Å². The first kappa shape index (κ1) is 22.4. The number of aliphatic hydroxyl groups excluding tert-OH is 1. The summed E-state index contributed by atoms with van der Waals surface area (Å²) in [7, 11) is 0. The Morgan fingerprint density at radius 3 is 1.77 bits per heavy atom. The first-order valence-corrected chi connectivity index (χ1v) is 10.9. The van der Waals surface area contributed by atoms with Crippen LogP contribution in [-0.4, -0.2) is 40.5 Å². The van der Waals surface area contributed by atoms with E-state index in [-0.39, 0.29) is 18.4 Å². The Balaban J connectivity index is 1.45. The van der Waals surface area contributed by atoms with Gasteiger partial charge in [0.15, 0.2) is 0 Å². The average Bonchev–Trinajstić information content (AvgIpc) is 2.77. The highest BCUT2D eigenvalue weighted by molar-refractivity contribution is 5.70. The summed E-state index contributed by atoms with van der Waals surface area (Å²) in [6.07, 6.45) is 6.19. The zero-order chi connectivity index (χ0) is 21.5. The summed E-state index contributed by atoms with van der Waals surface area (Å²) in [5.41, 5.74) is 0.668. The second-order valence-corrected chi connectivity index (χ2v) is 8.66. The Morgan fingerprint density at radius 1 is 0.800 bits per heavy atom. The van der Waals surface area contributed by atoms with E-state index < -0.39 is 11.9 Å². The van der Waals surface area contributed by atoms with Crippen LogP contribution < -0.4 is 9.47 Å². The monoisotopic (exact) mass is 420 g/mol. The van der Waals surface area contributed by atoms with Crippen LogP contribution in [-0.2, 0) is 16.2 Å². The highest BCUT2D eigenvalue weighted by Crippen LogP contribution is 2.32. The van der Waals surface area contributed by atoms with E-state index in [9.17, 15) is 14.7 Å². The Labute approximate surface area is 177 Å². The van der Waals surface area contributed by atoms with Crippen LogP contribution >= 0.6 is 0 Å². The van der Waals surface area contributed by atoms with Crippen LogP contribution in [0.15, 0.2) is 18.2 Å². The third-order valence-electron chi connectivity index (χ3n) is 6.55. The van der Waals surface area contributed by atoms with Gasteiger partial charge in [-0.2, -0.15) is 0 Å². The number of ether oxygens (including phenoxy) is 2. The van der Waals surface area contributed by atoms with Crippen molar-refractivity contribution in [2.24, 2.45) is 23.7 Å². The van der Waals surface area contributed by atoms with E-state index in [1.54, 1.807) is 6.07 Å². The maximum Gasteiger partial charge on any atom is 0.306 e. The smallest absolute Gasteiger partial charge is 0.306 e. The van der Waals surface area contributed by atoms with Crippen molar-refractivity contribution in [3.05, 3.63) is 23.8 Å². The van der Waals surface area contributed by atoms with Crippen molar-refractivity contribution in [1.29, 1.82) is 0 Å². The lowest BCUT2D eigenvalue weighted by Crippen LogP contribution is -2.24. The van der Waals surface area contributed by atoms with Crippen LogP contribution in [0.3, 0.4) is 0 Å². The van der Waals surface area contributed by atoms with Crippen molar-refractivity contribution < 1.29 is 34.4 Å². The van der Waals surface area contributed by atoms with Crippen LogP contribution in [0, 0.1) is 23.7 Å². The molecule has 2 saturated carbocycles. The van der Waals surface area contributed by atoms with Crippen LogP contribution in [0.4, 0.5) is 0 Å². The minimum absolute atomic E-state index is 0.151. The molecule has 30 heavy (non-hydrogen) atoms. The van der Waals surface area contributed by atoms with Crippen LogP contribution in [0.5, 0.6) is 11.5 Å². The Hall–Kier alpha value is -2.28. The highest BCUT2D eigenvalue weighted by atomic mass is 16.5. The molecule has 0 spiro atoms. The number of aliphatic carboxylic acids is 2. The molecule has 3 rings (SSSR count). The third-order valence-corrected chi connectivity index (χ3v) is 6.55. The molecule has 7 nitrogen and oxygen atoms in total. The summed E-state index contributed by atoms with van der Waals surface area (Å²) >= 11 is 0. The van der Waals surface area contributed by atoms with Gasteiger partial charge in [0.05, 0.1) is 31.7 Å². The molecule has 0 saturated heterocycles. The van der Waals surface area contributed by atoms with Gasteiger partial charge in [-0.3, -0.25) is 9.59 Å². The summed E-state index contributed by atoms with van der Waals surface area (Å²) in [5, 5.41) is 27.9. The Bertz CT molecular complexity index is 716. The molecule has 0 radical (unpaired) electrons. The molecule has 0 heterocycles. The van der Waals surface area contributed by atoms with E-state index in [2.05, 4.69) is 0 Å². The summed E-state index contributed by atoms with van der Waals surface area (Å²) in [5.74, 6) is 0.137. The van der Waals surface area contributed by atoms with E-state index in [0.29, 0.717) is 67.8 Å². The van der Waals surface area contributed by atoms with Crippen molar-refractivity contribution in [1.82, 2.24) is 0 Å². The fraction of sp³-hybridized carbons (Fsp3) is 0.652. The molecule has 3 N–H and O–H groups in total. The lowest BCUT2D eigenvalue weighted by molar-refractivity contribution is -0.144. The molecule has 166 valence electrons. The number of hydrogen-bond donors (Lipinski definition) is 3. The number of rotatable bonds is 9. The van der Waals surface area contributed by atoms with Gasteiger partial charge in [-0.1, -0.05) is 0 Å². The van der Waals surface area contributed by atoms with E-state index in [1.807, 2.05) is 12.1 Å². The zero-order valence-electron chi connectivity index (χ0n) is 17.3. The molecule has 2 fully saturated rings.